The van der Waals surface area contributed by atoms with Crippen LogP contribution in [0.25, 0.3) is 0 Å². The van der Waals surface area contributed by atoms with Crippen molar-refractivity contribution in [2.75, 3.05) is 19.0 Å². The Kier molecular flexibility index (Phi) is 7.18. The van der Waals surface area contributed by atoms with Crippen molar-refractivity contribution in [1.82, 2.24) is 0 Å². The van der Waals surface area contributed by atoms with Crippen molar-refractivity contribution in [3.63, 3.8) is 0 Å². The van der Waals surface area contributed by atoms with Crippen LogP contribution in [0.4, 0.5) is 0 Å². The molecular weight excluding hydrogens is 292 g/mol. The molecule has 3 N–H and O–H groups in total. The third-order valence-electron chi connectivity index (χ3n) is 2.99. The van der Waals surface area contributed by atoms with E-state index in [2.05, 4.69) is 12.1 Å². The van der Waals surface area contributed by atoms with E-state index in [0.717, 1.165) is 19.3 Å². The molecule has 0 radical (unpaired) electrons. The van der Waals surface area contributed by atoms with Gasteiger partial charge in [-0.1, -0.05) is 37.1 Å². The Balaban J connectivity index is 2.62. The number of hydrogen-bond donors (Lipinski definition) is 2. The number of nitrogens with two attached hydrogens (primary N) is 1. The van der Waals surface area contributed by atoms with E-state index >= 15 is 0 Å². The summed E-state index contributed by atoms with van der Waals surface area (Å²) in [6, 6.07) is 6.01. The van der Waals surface area contributed by atoms with Crippen molar-refractivity contribution >= 4 is 15.7 Å². The lowest BCUT2D eigenvalue weighted by Gasteiger charge is -2.07. The Labute approximate surface area is 125 Å². The van der Waals surface area contributed by atoms with E-state index < -0.39 is 9.84 Å². The Hall–Kier alpha value is -1.60. The summed E-state index contributed by atoms with van der Waals surface area (Å²) in [4.78, 5) is 0.142. The lowest BCUT2D eigenvalue weighted by molar-refractivity contribution is 0.144. The van der Waals surface area contributed by atoms with Crippen molar-refractivity contribution in [3.8, 4) is 0 Å². The van der Waals surface area contributed by atoms with Crippen LogP contribution in [-0.2, 0) is 14.6 Å². The van der Waals surface area contributed by atoms with Gasteiger partial charge in [0, 0.05) is 12.2 Å². The third kappa shape index (κ3) is 5.73. The number of amidine groups is 1. The molecular formula is C14H22N2O4S. The van der Waals surface area contributed by atoms with Gasteiger partial charge in [0.1, 0.15) is 0 Å². The molecule has 118 valence electrons. The van der Waals surface area contributed by atoms with E-state index in [4.69, 9.17) is 15.7 Å². The maximum atomic E-state index is 12.2. The van der Waals surface area contributed by atoms with Gasteiger partial charge < -0.3 is 15.7 Å². The minimum Gasteiger partial charge on any atom is -0.409 e. The number of sulfone groups is 1. The van der Waals surface area contributed by atoms with Crippen LogP contribution in [-0.4, -0.2) is 38.4 Å². The highest BCUT2D eigenvalue weighted by Gasteiger charge is 2.15. The van der Waals surface area contributed by atoms with Crippen LogP contribution in [0.1, 0.15) is 31.7 Å². The summed E-state index contributed by atoms with van der Waals surface area (Å²) >= 11 is 0. The van der Waals surface area contributed by atoms with Gasteiger partial charge in [-0.2, -0.15) is 0 Å². The first kappa shape index (κ1) is 17.5. The SMILES string of the molecule is CCCCCOCCS(=O)(=O)c1cccc(/C(N)=N/O)c1. The van der Waals surface area contributed by atoms with E-state index in [1.54, 1.807) is 12.1 Å². The van der Waals surface area contributed by atoms with Crippen LogP contribution in [0.15, 0.2) is 34.3 Å². The molecule has 0 heterocycles. The molecule has 0 unspecified atom stereocenters. The molecule has 6 nitrogen and oxygen atoms in total. The minimum absolute atomic E-state index is 0.0846. The Morgan fingerprint density at radius 3 is 2.76 bits per heavy atom. The molecule has 1 rings (SSSR count). The summed E-state index contributed by atoms with van der Waals surface area (Å²) in [5.41, 5.74) is 5.82. The van der Waals surface area contributed by atoms with Gasteiger partial charge in [0.15, 0.2) is 15.7 Å². The molecule has 21 heavy (non-hydrogen) atoms. The number of oxime groups is 1. The number of rotatable bonds is 9. The van der Waals surface area contributed by atoms with Crippen molar-refractivity contribution in [1.29, 1.82) is 0 Å². The Bertz CT molecular complexity index is 570. The maximum Gasteiger partial charge on any atom is 0.180 e. The summed E-state index contributed by atoms with van der Waals surface area (Å²) in [5, 5.41) is 11.5. The number of unbranched alkanes of at least 4 members (excludes halogenated alkanes) is 2. The van der Waals surface area contributed by atoms with Crippen molar-refractivity contribution < 1.29 is 18.4 Å². The highest BCUT2D eigenvalue weighted by Crippen LogP contribution is 2.13. The van der Waals surface area contributed by atoms with Gasteiger partial charge in [-0.05, 0) is 18.6 Å². The molecule has 0 saturated carbocycles. The summed E-state index contributed by atoms with van der Waals surface area (Å²) in [5.74, 6) is -0.207. The van der Waals surface area contributed by atoms with Gasteiger partial charge in [-0.3, -0.25) is 0 Å². The van der Waals surface area contributed by atoms with Gasteiger partial charge in [0.25, 0.3) is 0 Å². The first-order valence-corrected chi connectivity index (χ1v) is 8.55. The number of hydrogen-bond acceptors (Lipinski definition) is 5. The molecule has 0 spiro atoms. The molecule has 0 atom stereocenters. The minimum atomic E-state index is -3.43. The Morgan fingerprint density at radius 1 is 1.33 bits per heavy atom. The summed E-state index contributed by atoms with van der Waals surface area (Å²) in [7, 11) is -3.43. The molecule has 0 aromatic heterocycles. The summed E-state index contributed by atoms with van der Waals surface area (Å²) in [6.45, 7) is 2.84. The molecule has 0 aliphatic rings. The standard InChI is InChI=1S/C14H22N2O4S/c1-2-3-4-8-20-9-10-21(18,19)13-7-5-6-12(11-13)14(15)16-17/h5-7,11,17H,2-4,8-10H2,1H3,(H2,15,16). The van der Waals surface area contributed by atoms with Crippen LogP contribution in [0, 0.1) is 0 Å². The highest BCUT2D eigenvalue weighted by molar-refractivity contribution is 7.91. The van der Waals surface area contributed by atoms with Crippen LogP contribution in [0.5, 0.6) is 0 Å². The van der Waals surface area contributed by atoms with Crippen LogP contribution >= 0.6 is 0 Å². The summed E-state index contributed by atoms with van der Waals surface area (Å²) in [6.07, 6.45) is 3.12. The van der Waals surface area contributed by atoms with Gasteiger partial charge >= 0.3 is 0 Å². The maximum absolute atomic E-state index is 12.2. The molecule has 1 aromatic carbocycles. The number of ether oxygens (including phenoxy) is 1. The van der Waals surface area contributed by atoms with Crippen molar-refractivity contribution in [2.45, 2.75) is 31.1 Å². The zero-order valence-corrected chi connectivity index (χ0v) is 13.0. The van der Waals surface area contributed by atoms with Gasteiger partial charge in [-0.25, -0.2) is 8.42 Å². The number of nitrogens with zero attached hydrogens (tertiary/aromatic N) is 1. The molecule has 7 heteroatoms. The van der Waals surface area contributed by atoms with Crippen LogP contribution < -0.4 is 5.73 Å². The predicted octanol–water partition coefficient (Wildman–Crippen LogP) is 1.76. The smallest absolute Gasteiger partial charge is 0.180 e. The third-order valence-corrected chi connectivity index (χ3v) is 4.66. The highest BCUT2D eigenvalue weighted by atomic mass is 32.2. The van der Waals surface area contributed by atoms with E-state index in [0.29, 0.717) is 12.2 Å². The quantitative estimate of drug-likeness (QED) is 0.238. The lowest BCUT2D eigenvalue weighted by atomic mass is 10.2. The van der Waals surface area contributed by atoms with Crippen molar-refractivity contribution in [3.05, 3.63) is 29.8 Å². The van der Waals surface area contributed by atoms with Gasteiger partial charge in [0.2, 0.25) is 0 Å². The monoisotopic (exact) mass is 314 g/mol. The van der Waals surface area contributed by atoms with Crippen LogP contribution in [0.2, 0.25) is 0 Å². The molecule has 0 bridgehead atoms. The van der Waals surface area contributed by atoms with Crippen LogP contribution in [0.3, 0.4) is 0 Å². The average molecular weight is 314 g/mol. The fourth-order valence-corrected chi connectivity index (χ4v) is 2.91. The zero-order chi connectivity index (χ0) is 15.7. The van der Waals surface area contributed by atoms with E-state index in [9.17, 15) is 8.42 Å². The van der Waals surface area contributed by atoms with E-state index in [-0.39, 0.29) is 23.1 Å². The normalized spacial score (nSPS) is 12.5. The second-order valence-electron chi connectivity index (χ2n) is 4.65. The van der Waals surface area contributed by atoms with E-state index in [1.165, 1.54) is 12.1 Å². The fraction of sp³-hybridized carbons (Fsp3) is 0.500. The second-order valence-corrected chi connectivity index (χ2v) is 6.76. The first-order chi connectivity index (χ1) is 10.0. The summed E-state index contributed by atoms with van der Waals surface area (Å²) < 4.78 is 29.6. The van der Waals surface area contributed by atoms with Gasteiger partial charge in [0.05, 0.1) is 17.3 Å². The molecule has 1 aromatic rings. The fourth-order valence-electron chi connectivity index (χ4n) is 1.75. The lowest BCUT2D eigenvalue weighted by Crippen LogP contribution is -2.16. The topological polar surface area (TPSA) is 102 Å². The van der Waals surface area contributed by atoms with Crippen molar-refractivity contribution in [2.24, 2.45) is 10.9 Å². The molecule has 0 amide bonds. The number of benzene rings is 1. The average Bonchev–Trinajstić information content (AvgIpc) is 2.50. The largest absolute Gasteiger partial charge is 0.409 e. The van der Waals surface area contributed by atoms with Gasteiger partial charge in [-0.15, -0.1) is 0 Å². The molecule has 0 fully saturated rings. The van der Waals surface area contributed by atoms with E-state index in [1.807, 2.05) is 0 Å². The Morgan fingerprint density at radius 2 is 2.10 bits per heavy atom. The molecule has 0 aliphatic heterocycles. The first-order valence-electron chi connectivity index (χ1n) is 6.89. The second kappa shape index (κ2) is 8.63. The zero-order valence-electron chi connectivity index (χ0n) is 12.2. The molecule has 0 aliphatic carbocycles. The predicted molar refractivity (Wildman–Crippen MR) is 81.3 cm³/mol. The molecule has 0 saturated heterocycles.